The molecule has 0 bridgehead atoms. The summed E-state index contributed by atoms with van der Waals surface area (Å²) in [6.07, 6.45) is 0.506. The second-order valence-corrected chi connectivity index (χ2v) is 14.7. The van der Waals surface area contributed by atoms with E-state index >= 15 is 0 Å². The summed E-state index contributed by atoms with van der Waals surface area (Å²) in [5, 5.41) is 39.3. The summed E-state index contributed by atoms with van der Waals surface area (Å²) in [6.45, 7) is -0.130. The Kier molecular flexibility index (Phi) is 16.1. The van der Waals surface area contributed by atoms with Gasteiger partial charge < -0.3 is 46.3 Å². The Morgan fingerprint density at radius 3 is 1.95 bits per heavy atom. The van der Waals surface area contributed by atoms with Gasteiger partial charge in [0.1, 0.15) is 30.5 Å². The number of nitrogens with zero attached hydrogens (tertiary/aromatic N) is 1. The standard InChI is InChI=1S/C39H42N6O12S/c46-29-13-11-25(12-14-29)19-32(45-39(54)57-23-26-7-3-1-4-8-26)38(53)43-31(15-16-34(47)48)36(51)44-33(20-28-22-40-24-41-28)37(52)42-27(21-35(49)50)17-18-58(55,56)30-9-5-2-6-10-30/h1-14,17-18,22,24,27,31-33,46H,15-16,19-21,23H2,(H,40,41)(H,42,52)(H,43,53)(H,44,51)(H,45,54)(H,47,48)(H,49,50)/b18-17+/t27-,31+,32+,33+/m1/s1. The third-order valence-electron chi connectivity index (χ3n) is 8.36. The summed E-state index contributed by atoms with van der Waals surface area (Å²) in [7, 11) is -4.04. The minimum atomic E-state index is -4.04. The van der Waals surface area contributed by atoms with Crippen LogP contribution in [0, 0.1) is 0 Å². The van der Waals surface area contributed by atoms with E-state index in [1.807, 2.05) is 0 Å². The van der Waals surface area contributed by atoms with Crippen molar-refractivity contribution in [3.05, 3.63) is 126 Å². The number of rotatable bonds is 21. The first kappa shape index (κ1) is 43.7. The molecule has 0 saturated heterocycles. The van der Waals surface area contributed by atoms with Crippen LogP contribution in [0.2, 0.25) is 0 Å². The van der Waals surface area contributed by atoms with Crippen LogP contribution in [0.3, 0.4) is 0 Å². The highest BCUT2D eigenvalue weighted by molar-refractivity contribution is 7.94. The quantitative estimate of drug-likeness (QED) is 0.0598. The number of carboxylic acids is 2. The fourth-order valence-corrected chi connectivity index (χ4v) is 6.50. The van der Waals surface area contributed by atoms with Crippen LogP contribution < -0.4 is 21.3 Å². The number of imidazole rings is 1. The molecular weight excluding hydrogens is 777 g/mol. The van der Waals surface area contributed by atoms with Gasteiger partial charge in [0.2, 0.25) is 17.7 Å². The number of hydrogen-bond donors (Lipinski definition) is 8. The number of aromatic hydroxyl groups is 1. The summed E-state index contributed by atoms with van der Waals surface area (Å²) < 4.78 is 31.0. The van der Waals surface area contributed by atoms with Gasteiger partial charge in [-0.3, -0.25) is 24.0 Å². The molecule has 1 heterocycles. The molecule has 0 saturated carbocycles. The topological polar surface area (TPSA) is 283 Å². The number of aliphatic carboxylic acids is 2. The number of aromatic nitrogens is 2. The molecule has 18 nitrogen and oxygen atoms in total. The van der Waals surface area contributed by atoms with Crippen molar-refractivity contribution in [3.63, 3.8) is 0 Å². The summed E-state index contributed by atoms with van der Waals surface area (Å²) in [5.74, 6) is -5.64. The molecular formula is C39H42N6O12S. The number of aromatic amines is 1. The molecule has 0 aliphatic rings. The molecule has 58 heavy (non-hydrogen) atoms. The first-order valence-electron chi connectivity index (χ1n) is 17.7. The number of carbonyl (C=O) groups excluding carboxylic acids is 4. The first-order chi connectivity index (χ1) is 27.7. The molecule has 19 heteroatoms. The maximum atomic E-state index is 13.9. The Hall–Kier alpha value is -7.02. The van der Waals surface area contributed by atoms with E-state index in [1.54, 1.807) is 36.4 Å². The number of sulfone groups is 1. The zero-order chi connectivity index (χ0) is 42.1. The molecule has 4 aromatic rings. The number of carbonyl (C=O) groups is 6. The van der Waals surface area contributed by atoms with Crippen molar-refractivity contribution >= 4 is 45.6 Å². The van der Waals surface area contributed by atoms with Gasteiger partial charge in [-0.1, -0.05) is 60.7 Å². The summed E-state index contributed by atoms with van der Waals surface area (Å²) in [6, 6.07) is 15.9. The molecule has 0 unspecified atom stereocenters. The van der Waals surface area contributed by atoms with Gasteiger partial charge in [-0.2, -0.15) is 0 Å². The average molecular weight is 819 g/mol. The normalized spacial score (nSPS) is 13.3. The number of carboxylic acid groups (broad SMARTS) is 2. The van der Waals surface area contributed by atoms with Gasteiger partial charge in [-0.15, -0.1) is 0 Å². The molecule has 306 valence electrons. The Labute approximate surface area is 332 Å². The van der Waals surface area contributed by atoms with Gasteiger partial charge in [0, 0.05) is 30.9 Å². The SMILES string of the molecule is O=C(O)CC[C@H](NC(=O)[C@H](Cc1ccc(O)cc1)NC(=O)OCc1ccccc1)C(=O)N[C@@H](Cc1c[nH]cn1)C(=O)N[C@H](/C=C/S(=O)(=O)c1ccccc1)CC(=O)O. The molecule has 4 rings (SSSR count). The van der Waals surface area contributed by atoms with E-state index in [1.165, 1.54) is 61.1 Å². The van der Waals surface area contributed by atoms with Crippen LogP contribution in [0.5, 0.6) is 5.75 Å². The molecule has 3 aromatic carbocycles. The van der Waals surface area contributed by atoms with Crippen molar-refractivity contribution in [2.75, 3.05) is 0 Å². The van der Waals surface area contributed by atoms with Gasteiger partial charge in [-0.05, 0) is 47.9 Å². The zero-order valence-corrected chi connectivity index (χ0v) is 31.6. The number of hydrogen-bond acceptors (Lipinski definition) is 11. The summed E-state index contributed by atoms with van der Waals surface area (Å²) in [4.78, 5) is 84.3. The van der Waals surface area contributed by atoms with Crippen molar-refractivity contribution in [1.82, 2.24) is 31.2 Å². The number of alkyl carbamates (subject to hydrolysis) is 1. The van der Waals surface area contributed by atoms with Gasteiger partial charge in [-0.25, -0.2) is 18.2 Å². The fourth-order valence-electron chi connectivity index (χ4n) is 5.41. The minimum absolute atomic E-state index is 0.0543. The Morgan fingerprint density at radius 1 is 0.724 bits per heavy atom. The van der Waals surface area contributed by atoms with Gasteiger partial charge >= 0.3 is 18.0 Å². The number of benzene rings is 3. The van der Waals surface area contributed by atoms with E-state index in [-0.39, 0.29) is 35.8 Å². The maximum absolute atomic E-state index is 13.9. The molecule has 0 fully saturated rings. The van der Waals surface area contributed by atoms with Crippen LogP contribution in [-0.4, -0.2) is 93.6 Å². The zero-order valence-electron chi connectivity index (χ0n) is 30.8. The lowest BCUT2D eigenvalue weighted by atomic mass is 10.0. The predicted molar refractivity (Wildman–Crippen MR) is 205 cm³/mol. The third-order valence-corrected chi connectivity index (χ3v) is 9.81. The van der Waals surface area contributed by atoms with Crippen molar-refractivity contribution in [2.24, 2.45) is 0 Å². The summed E-state index contributed by atoms with van der Waals surface area (Å²) in [5.41, 5.74) is 1.43. The van der Waals surface area contributed by atoms with E-state index in [9.17, 15) is 52.5 Å². The number of phenols is 1. The average Bonchev–Trinajstić information content (AvgIpc) is 3.71. The van der Waals surface area contributed by atoms with Crippen LogP contribution in [0.25, 0.3) is 0 Å². The monoisotopic (exact) mass is 818 g/mol. The fraction of sp³-hybridized carbons (Fsp3) is 0.256. The first-order valence-corrected chi connectivity index (χ1v) is 19.3. The van der Waals surface area contributed by atoms with E-state index in [0.717, 1.165) is 11.5 Å². The highest BCUT2D eigenvalue weighted by atomic mass is 32.2. The molecule has 4 atom stereocenters. The van der Waals surface area contributed by atoms with Crippen molar-refractivity contribution in [1.29, 1.82) is 0 Å². The Bertz CT molecular complexity index is 2150. The van der Waals surface area contributed by atoms with E-state index in [0.29, 0.717) is 11.1 Å². The Morgan fingerprint density at radius 2 is 1.33 bits per heavy atom. The predicted octanol–water partition coefficient (Wildman–Crippen LogP) is 1.98. The third kappa shape index (κ3) is 14.6. The molecule has 1 aromatic heterocycles. The van der Waals surface area contributed by atoms with Crippen molar-refractivity contribution in [2.45, 2.75) is 67.8 Å². The summed E-state index contributed by atoms with van der Waals surface area (Å²) >= 11 is 0. The van der Waals surface area contributed by atoms with E-state index in [2.05, 4.69) is 31.2 Å². The minimum Gasteiger partial charge on any atom is -0.508 e. The van der Waals surface area contributed by atoms with Crippen molar-refractivity contribution in [3.8, 4) is 5.75 Å². The number of nitrogens with one attached hydrogen (secondary N) is 5. The second kappa shape index (κ2) is 21.3. The van der Waals surface area contributed by atoms with E-state index in [4.69, 9.17) is 4.74 Å². The van der Waals surface area contributed by atoms with Crippen LogP contribution in [0.4, 0.5) is 4.79 Å². The van der Waals surface area contributed by atoms with Crippen LogP contribution in [-0.2, 0) is 58.0 Å². The largest absolute Gasteiger partial charge is 0.508 e. The van der Waals surface area contributed by atoms with Crippen molar-refractivity contribution < 1.29 is 57.2 Å². The Balaban J connectivity index is 1.55. The van der Waals surface area contributed by atoms with E-state index < -0.39 is 89.0 Å². The number of phenolic OH excluding ortho intramolecular Hbond substituents is 1. The lowest BCUT2D eigenvalue weighted by molar-refractivity contribution is -0.139. The number of H-pyrrole nitrogens is 1. The van der Waals surface area contributed by atoms with Crippen LogP contribution in [0.15, 0.2) is 114 Å². The maximum Gasteiger partial charge on any atom is 0.408 e. The van der Waals surface area contributed by atoms with Crippen LogP contribution >= 0.6 is 0 Å². The molecule has 0 aliphatic carbocycles. The molecule has 8 N–H and O–H groups in total. The van der Waals surface area contributed by atoms with Gasteiger partial charge in [0.05, 0.1) is 29.4 Å². The highest BCUT2D eigenvalue weighted by Gasteiger charge is 2.32. The highest BCUT2D eigenvalue weighted by Crippen LogP contribution is 2.14. The second-order valence-electron chi connectivity index (χ2n) is 12.8. The lowest BCUT2D eigenvalue weighted by Gasteiger charge is -2.26. The van der Waals surface area contributed by atoms with Gasteiger partial charge in [0.15, 0.2) is 9.84 Å². The number of amides is 4. The molecule has 0 aliphatic heterocycles. The molecule has 0 spiro atoms. The van der Waals surface area contributed by atoms with Crippen LogP contribution in [0.1, 0.15) is 36.1 Å². The lowest BCUT2D eigenvalue weighted by Crippen LogP contribution is -2.58. The number of ether oxygens (including phenoxy) is 1. The molecule has 0 radical (unpaired) electrons. The van der Waals surface area contributed by atoms with Gasteiger partial charge in [0.25, 0.3) is 0 Å². The molecule has 4 amide bonds. The smallest absolute Gasteiger partial charge is 0.408 e.